The maximum atomic E-state index is 5.84. The van der Waals surface area contributed by atoms with Crippen molar-refractivity contribution in [1.29, 1.82) is 0 Å². The van der Waals surface area contributed by atoms with E-state index in [4.69, 9.17) is 10.5 Å². The molecule has 0 unspecified atom stereocenters. The highest BCUT2D eigenvalue weighted by molar-refractivity contribution is 4.84. The van der Waals surface area contributed by atoms with Crippen molar-refractivity contribution < 1.29 is 4.74 Å². The molecule has 0 aliphatic carbocycles. The summed E-state index contributed by atoms with van der Waals surface area (Å²) in [5.41, 5.74) is 5.84. The van der Waals surface area contributed by atoms with Crippen LogP contribution in [0.15, 0.2) is 0 Å². The van der Waals surface area contributed by atoms with E-state index in [1.807, 2.05) is 0 Å². The van der Waals surface area contributed by atoms with Crippen LogP contribution in [0.3, 0.4) is 0 Å². The first-order valence-electron chi connectivity index (χ1n) is 5.43. The predicted molar refractivity (Wildman–Crippen MR) is 52.6 cm³/mol. The van der Waals surface area contributed by atoms with Crippen LogP contribution in [0.5, 0.6) is 0 Å². The maximum absolute atomic E-state index is 5.84. The van der Waals surface area contributed by atoms with Crippen molar-refractivity contribution in [1.82, 2.24) is 4.90 Å². The third-order valence-electron chi connectivity index (χ3n) is 3.36. The molecular weight excluding hydrogens is 164 g/mol. The molecule has 13 heavy (non-hydrogen) atoms. The Morgan fingerprint density at radius 2 is 2.15 bits per heavy atom. The lowest BCUT2D eigenvalue weighted by atomic mass is 9.98. The van der Waals surface area contributed by atoms with Crippen LogP contribution in [0.25, 0.3) is 0 Å². The zero-order valence-corrected chi connectivity index (χ0v) is 8.24. The van der Waals surface area contributed by atoms with E-state index < -0.39 is 0 Å². The molecule has 76 valence electrons. The summed E-state index contributed by atoms with van der Waals surface area (Å²) in [5, 5.41) is 0. The zero-order valence-electron chi connectivity index (χ0n) is 8.24. The van der Waals surface area contributed by atoms with Gasteiger partial charge in [0.1, 0.15) is 0 Å². The van der Waals surface area contributed by atoms with Crippen LogP contribution in [0, 0.1) is 5.92 Å². The van der Waals surface area contributed by atoms with Gasteiger partial charge in [0.15, 0.2) is 0 Å². The third kappa shape index (κ3) is 2.03. The van der Waals surface area contributed by atoms with Crippen molar-refractivity contribution in [3.05, 3.63) is 0 Å². The fraction of sp³-hybridized carbons (Fsp3) is 1.00. The smallest absolute Gasteiger partial charge is 0.0510 e. The summed E-state index contributed by atoms with van der Waals surface area (Å²) in [4.78, 5) is 2.55. The molecule has 0 aromatic carbocycles. The van der Waals surface area contributed by atoms with Crippen molar-refractivity contribution in [2.45, 2.75) is 25.3 Å². The van der Waals surface area contributed by atoms with E-state index in [1.54, 1.807) is 0 Å². The molecule has 2 fully saturated rings. The molecule has 2 atom stereocenters. The molecule has 0 radical (unpaired) electrons. The Hall–Kier alpha value is -0.120. The minimum atomic E-state index is 0.588. The van der Waals surface area contributed by atoms with E-state index in [9.17, 15) is 0 Å². The van der Waals surface area contributed by atoms with Gasteiger partial charge in [-0.15, -0.1) is 0 Å². The second-order valence-corrected chi connectivity index (χ2v) is 4.17. The van der Waals surface area contributed by atoms with Gasteiger partial charge in [-0.2, -0.15) is 0 Å². The fourth-order valence-corrected chi connectivity index (χ4v) is 2.57. The van der Waals surface area contributed by atoms with Gasteiger partial charge < -0.3 is 10.5 Å². The molecule has 2 aliphatic heterocycles. The molecule has 2 N–H and O–H groups in total. The Morgan fingerprint density at radius 1 is 1.38 bits per heavy atom. The summed E-state index contributed by atoms with van der Waals surface area (Å²) in [5.74, 6) is 0.697. The average Bonchev–Trinajstić information content (AvgIpc) is 2.76. The minimum Gasteiger partial charge on any atom is -0.381 e. The molecule has 0 aromatic rings. The van der Waals surface area contributed by atoms with Gasteiger partial charge in [-0.1, -0.05) is 0 Å². The topological polar surface area (TPSA) is 38.5 Å². The highest BCUT2D eigenvalue weighted by atomic mass is 16.5. The first-order valence-corrected chi connectivity index (χ1v) is 5.43. The first-order chi connectivity index (χ1) is 6.42. The second-order valence-electron chi connectivity index (χ2n) is 4.17. The molecule has 2 saturated heterocycles. The van der Waals surface area contributed by atoms with Crippen LogP contribution in [0.2, 0.25) is 0 Å². The molecular formula is C10H20N2O. The molecule has 0 amide bonds. The number of hydrogen-bond acceptors (Lipinski definition) is 3. The van der Waals surface area contributed by atoms with E-state index >= 15 is 0 Å². The predicted octanol–water partition coefficient (Wildman–Crippen LogP) is 0.446. The summed E-state index contributed by atoms with van der Waals surface area (Å²) in [6.45, 7) is 5.16. The lowest BCUT2D eigenvalue weighted by molar-refractivity contribution is 0.140. The third-order valence-corrected chi connectivity index (χ3v) is 3.36. The summed E-state index contributed by atoms with van der Waals surface area (Å²) >= 11 is 0. The van der Waals surface area contributed by atoms with Gasteiger partial charge in [0.25, 0.3) is 0 Å². The zero-order chi connectivity index (χ0) is 9.10. The van der Waals surface area contributed by atoms with Gasteiger partial charge in [0, 0.05) is 25.1 Å². The number of ether oxygens (including phenoxy) is 1. The minimum absolute atomic E-state index is 0.588. The van der Waals surface area contributed by atoms with Crippen LogP contribution in [-0.2, 0) is 4.74 Å². The quantitative estimate of drug-likeness (QED) is 0.692. The van der Waals surface area contributed by atoms with Crippen LogP contribution >= 0.6 is 0 Å². The van der Waals surface area contributed by atoms with Crippen molar-refractivity contribution >= 4 is 0 Å². The normalized spacial score (nSPS) is 32.5. The maximum Gasteiger partial charge on any atom is 0.0510 e. The van der Waals surface area contributed by atoms with Crippen LogP contribution in [0.4, 0.5) is 0 Å². The second kappa shape index (κ2) is 4.40. The lowest BCUT2D eigenvalue weighted by Gasteiger charge is -2.30. The van der Waals surface area contributed by atoms with E-state index in [-0.39, 0.29) is 0 Å². The largest absolute Gasteiger partial charge is 0.381 e. The Labute approximate surface area is 80.2 Å². The SMILES string of the molecule is NC[C@@H]([C@H]1CCOC1)N1CCCC1. The van der Waals surface area contributed by atoms with Crippen LogP contribution < -0.4 is 5.73 Å². The highest BCUT2D eigenvalue weighted by Crippen LogP contribution is 2.23. The van der Waals surface area contributed by atoms with Crippen LogP contribution in [-0.4, -0.2) is 43.8 Å². The summed E-state index contributed by atoms with van der Waals surface area (Å²) in [6, 6.07) is 0.588. The highest BCUT2D eigenvalue weighted by Gasteiger charge is 2.30. The van der Waals surface area contributed by atoms with Gasteiger partial charge in [0.05, 0.1) is 6.61 Å². The van der Waals surface area contributed by atoms with Crippen molar-refractivity contribution in [2.75, 3.05) is 32.8 Å². The summed E-state index contributed by atoms with van der Waals surface area (Å²) in [7, 11) is 0. The van der Waals surface area contributed by atoms with Gasteiger partial charge in [-0.25, -0.2) is 0 Å². The van der Waals surface area contributed by atoms with Crippen molar-refractivity contribution in [2.24, 2.45) is 11.7 Å². The Balaban J connectivity index is 1.90. The fourth-order valence-electron chi connectivity index (χ4n) is 2.57. The van der Waals surface area contributed by atoms with Gasteiger partial charge >= 0.3 is 0 Å². The first kappa shape index (κ1) is 9.44. The van der Waals surface area contributed by atoms with Crippen LogP contribution in [0.1, 0.15) is 19.3 Å². The number of likely N-dealkylation sites (tertiary alicyclic amines) is 1. The summed E-state index contributed by atoms with van der Waals surface area (Å²) in [6.07, 6.45) is 3.91. The molecule has 0 saturated carbocycles. The van der Waals surface area contributed by atoms with E-state index in [2.05, 4.69) is 4.90 Å². The summed E-state index contributed by atoms with van der Waals surface area (Å²) < 4.78 is 5.42. The number of nitrogens with two attached hydrogens (primary N) is 1. The van der Waals surface area contributed by atoms with Crippen molar-refractivity contribution in [3.63, 3.8) is 0 Å². The molecule has 2 aliphatic rings. The Kier molecular flexibility index (Phi) is 3.19. The number of rotatable bonds is 3. The van der Waals surface area contributed by atoms with E-state index in [1.165, 1.54) is 32.4 Å². The standard InChI is InChI=1S/C10H20N2O/c11-7-10(9-3-6-13-8-9)12-4-1-2-5-12/h9-10H,1-8,11H2/t9-,10-/m0/s1. The van der Waals surface area contributed by atoms with E-state index in [0.29, 0.717) is 12.0 Å². The van der Waals surface area contributed by atoms with Crippen molar-refractivity contribution in [3.8, 4) is 0 Å². The molecule has 0 bridgehead atoms. The van der Waals surface area contributed by atoms with Gasteiger partial charge in [0.2, 0.25) is 0 Å². The Morgan fingerprint density at radius 3 is 2.69 bits per heavy atom. The molecule has 2 rings (SSSR count). The monoisotopic (exact) mass is 184 g/mol. The van der Waals surface area contributed by atoms with Gasteiger partial charge in [-0.05, 0) is 32.4 Å². The molecule has 3 heteroatoms. The molecule has 0 aromatic heterocycles. The average molecular weight is 184 g/mol. The number of nitrogens with zero attached hydrogens (tertiary/aromatic N) is 1. The molecule has 2 heterocycles. The molecule has 3 nitrogen and oxygen atoms in total. The lowest BCUT2D eigenvalue weighted by Crippen LogP contribution is -2.44. The van der Waals surface area contributed by atoms with E-state index in [0.717, 1.165) is 19.8 Å². The Bertz CT molecular complexity index is 135. The molecule has 0 spiro atoms. The number of hydrogen-bond donors (Lipinski definition) is 1. The van der Waals surface area contributed by atoms with Gasteiger partial charge in [-0.3, -0.25) is 4.90 Å².